The minimum absolute atomic E-state index is 0.226. The number of anilines is 1. The first-order valence-corrected chi connectivity index (χ1v) is 7.84. The predicted molar refractivity (Wildman–Crippen MR) is 95.2 cm³/mol. The van der Waals surface area contributed by atoms with Crippen molar-refractivity contribution in [2.75, 3.05) is 19.0 Å². The van der Waals surface area contributed by atoms with Crippen LogP contribution in [0, 0.1) is 0 Å². The third kappa shape index (κ3) is 5.59. The van der Waals surface area contributed by atoms with Crippen molar-refractivity contribution in [2.45, 2.75) is 26.0 Å². The maximum atomic E-state index is 12.6. The lowest BCUT2D eigenvalue weighted by Crippen LogP contribution is -2.43. The molecule has 0 fully saturated rings. The van der Waals surface area contributed by atoms with Gasteiger partial charge in [0, 0.05) is 12.2 Å². The molecule has 0 aromatic heterocycles. The van der Waals surface area contributed by atoms with Gasteiger partial charge in [-0.15, -0.1) is 0 Å². The Balaban J connectivity index is 2.10. The van der Waals surface area contributed by atoms with E-state index >= 15 is 0 Å². The molecule has 0 aliphatic heterocycles. The van der Waals surface area contributed by atoms with Gasteiger partial charge >= 0.3 is 6.03 Å². The molecule has 0 aliphatic rings. The third-order valence-electron chi connectivity index (χ3n) is 3.42. The summed E-state index contributed by atoms with van der Waals surface area (Å²) in [5.41, 5.74) is 0.702. The van der Waals surface area contributed by atoms with Crippen LogP contribution in [-0.4, -0.2) is 35.3 Å². The molecule has 0 aliphatic carbocycles. The summed E-state index contributed by atoms with van der Waals surface area (Å²) in [4.78, 5) is 14.2. The van der Waals surface area contributed by atoms with Gasteiger partial charge < -0.3 is 20.1 Å². The van der Waals surface area contributed by atoms with Crippen molar-refractivity contribution >= 4 is 11.7 Å². The summed E-state index contributed by atoms with van der Waals surface area (Å²) in [6, 6.07) is 16.6. The quantitative estimate of drug-likeness (QED) is 0.853. The van der Waals surface area contributed by atoms with E-state index in [0.717, 1.165) is 11.3 Å². The van der Waals surface area contributed by atoms with Crippen molar-refractivity contribution in [3.05, 3.63) is 60.2 Å². The number of nitrogens with one attached hydrogen (secondary N) is 1. The van der Waals surface area contributed by atoms with Gasteiger partial charge in [0.25, 0.3) is 0 Å². The van der Waals surface area contributed by atoms with E-state index in [9.17, 15) is 9.90 Å². The Bertz CT molecular complexity index is 649. The fraction of sp³-hybridized carbons (Fsp3) is 0.316. The maximum Gasteiger partial charge on any atom is 0.322 e. The summed E-state index contributed by atoms with van der Waals surface area (Å²) >= 11 is 0. The zero-order valence-electron chi connectivity index (χ0n) is 14.3. The molecule has 0 saturated heterocycles. The van der Waals surface area contributed by atoms with E-state index < -0.39 is 5.60 Å². The first-order chi connectivity index (χ1) is 11.4. The molecule has 2 amide bonds. The van der Waals surface area contributed by atoms with Crippen LogP contribution in [0.5, 0.6) is 5.75 Å². The smallest absolute Gasteiger partial charge is 0.322 e. The number of aliphatic hydroxyl groups is 1. The molecular formula is C19H24N2O3. The summed E-state index contributed by atoms with van der Waals surface area (Å²) < 4.78 is 5.11. The second-order valence-corrected chi connectivity index (χ2v) is 6.31. The molecular weight excluding hydrogens is 304 g/mol. The zero-order chi connectivity index (χ0) is 17.6. The van der Waals surface area contributed by atoms with E-state index in [4.69, 9.17) is 4.74 Å². The molecule has 0 atom stereocenters. The van der Waals surface area contributed by atoms with E-state index in [0.29, 0.717) is 12.2 Å². The number of nitrogens with zero attached hydrogens (tertiary/aromatic N) is 1. The van der Waals surface area contributed by atoms with Crippen LogP contribution < -0.4 is 10.1 Å². The van der Waals surface area contributed by atoms with Gasteiger partial charge in [0.1, 0.15) is 5.75 Å². The number of urea groups is 1. The molecule has 128 valence electrons. The van der Waals surface area contributed by atoms with Gasteiger partial charge in [0.15, 0.2) is 0 Å². The normalized spacial score (nSPS) is 11.0. The van der Waals surface area contributed by atoms with Gasteiger partial charge in [0.2, 0.25) is 0 Å². The standard InChI is InChI=1S/C19H24N2O3/c1-19(2,23)14-21(13-15-7-5-4-6-8-15)18(22)20-16-9-11-17(24-3)12-10-16/h4-12,23H,13-14H2,1-3H3,(H,20,22). The Morgan fingerprint density at radius 1 is 1.12 bits per heavy atom. The average molecular weight is 328 g/mol. The van der Waals surface area contributed by atoms with E-state index in [1.807, 2.05) is 30.3 Å². The molecule has 24 heavy (non-hydrogen) atoms. The van der Waals surface area contributed by atoms with Crippen molar-refractivity contribution < 1.29 is 14.6 Å². The number of carbonyl (C=O) groups excluding carboxylic acids is 1. The fourth-order valence-electron chi connectivity index (χ4n) is 2.35. The fourth-order valence-corrected chi connectivity index (χ4v) is 2.35. The average Bonchev–Trinajstić information content (AvgIpc) is 2.54. The first-order valence-electron chi connectivity index (χ1n) is 7.84. The Morgan fingerprint density at radius 2 is 1.75 bits per heavy atom. The molecule has 0 radical (unpaired) electrons. The van der Waals surface area contributed by atoms with Crippen LogP contribution in [0.1, 0.15) is 19.4 Å². The van der Waals surface area contributed by atoms with Crippen LogP contribution in [0.3, 0.4) is 0 Å². The topological polar surface area (TPSA) is 61.8 Å². The third-order valence-corrected chi connectivity index (χ3v) is 3.42. The van der Waals surface area contributed by atoms with E-state index in [1.165, 1.54) is 0 Å². The molecule has 5 heteroatoms. The maximum absolute atomic E-state index is 12.6. The van der Waals surface area contributed by atoms with Crippen LogP contribution >= 0.6 is 0 Å². The number of rotatable bonds is 6. The summed E-state index contributed by atoms with van der Waals surface area (Å²) in [6.45, 7) is 4.02. The van der Waals surface area contributed by atoms with Crippen molar-refractivity contribution in [2.24, 2.45) is 0 Å². The van der Waals surface area contributed by atoms with Crippen molar-refractivity contribution in [1.82, 2.24) is 4.90 Å². The molecule has 2 N–H and O–H groups in total. The first kappa shape index (κ1) is 17.8. The highest BCUT2D eigenvalue weighted by Crippen LogP contribution is 2.17. The van der Waals surface area contributed by atoms with Crippen LogP contribution in [0.15, 0.2) is 54.6 Å². The Kier molecular flexibility index (Phi) is 5.82. The van der Waals surface area contributed by atoms with Gasteiger partial charge in [-0.2, -0.15) is 0 Å². The molecule has 0 spiro atoms. The highest BCUT2D eigenvalue weighted by Gasteiger charge is 2.22. The van der Waals surface area contributed by atoms with Gasteiger partial charge in [-0.05, 0) is 43.7 Å². The van der Waals surface area contributed by atoms with Gasteiger partial charge in [-0.3, -0.25) is 0 Å². The highest BCUT2D eigenvalue weighted by atomic mass is 16.5. The molecule has 0 saturated carbocycles. The molecule has 0 heterocycles. The molecule has 0 bridgehead atoms. The minimum atomic E-state index is -0.980. The molecule has 2 aromatic carbocycles. The van der Waals surface area contributed by atoms with Crippen LogP contribution in [0.25, 0.3) is 0 Å². The van der Waals surface area contributed by atoms with Crippen molar-refractivity contribution in [3.8, 4) is 5.75 Å². The monoisotopic (exact) mass is 328 g/mol. The Labute approximate surface area is 142 Å². The second kappa shape index (κ2) is 7.84. The van der Waals surface area contributed by atoms with Gasteiger partial charge in [-0.1, -0.05) is 30.3 Å². The van der Waals surface area contributed by atoms with Gasteiger partial charge in [0.05, 0.1) is 19.3 Å². The number of ether oxygens (including phenoxy) is 1. The predicted octanol–water partition coefficient (Wildman–Crippen LogP) is 3.50. The van der Waals surface area contributed by atoms with Crippen LogP contribution in [-0.2, 0) is 6.54 Å². The lowest BCUT2D eigenvalue weighted by molar-refractivity contribution is 0.0469. The molecule has 5 nitrogen and oxygen atoms in total. The highest BCUT2D eigenvalue weighted by molar-refractivity contribution is 5.89. The Morgan fingerprint density at radius 3 is 2.29 bits per heavy atom. The SMILES string of the molecule is COc1ccc(NC(=O)N(Cc2ccccc2)CC(C)(C)O)cc1. The number of carbonyl (C=O) groups is 1. The van der Waals surface area contributed by atoms with Crippen molar-refractivity contribution in [1.29, 1.82) is 0 Å². The largest absolute Gasteiger partial charge is 0.497 e. The van der Waals surface area contributed by atoms with E-state index in [-0.39, 0.29) is 12.6 Å². The molecule has 2 rings (SSSR count). The molecule has 2 aromatic rings. The van der Waals surface area contributed by atoms with Gasteiger partial charge in [-0.25, -0.2) is 4.79 Å². The summed E-state index contributed by atoms with van der Waals surface area (Å²) in [6.07, 6.45) is 0. The zero-order valence-corrected chi connectivity index (χ0v) is 14.3. The van der Waals surface area contributed by atoms with Crippen molar-refractivity contribution in [3.63, 3.8) is 0 Å². The summed E-state index contributed by atoms with van der Waals surface area (Å²) in [5.74, 6) is 0.727. The number of methoxy groups -OCH3 is 1. The minimum Gasteiger partial charge on any atom is -0.497 e. The molecule has 0 unspecified atom stereocenters. The summed E-state index contributed by atoms with van der Waals surface area (Å²) in [5, 5.41) is 13.0. The number of benzene rings is 2. The van der Waals surface area contributed by atoms with Crippen LogP contribution in [0.4, 0.5) is 10.5 Å². The number of amides is 2. The van der Waals surface area contributed by atoms with E-state index in [2.05, 4.69) is 5.32 Å². The lowest BCUT2D eigenvalue weighted by Gasteiger charge is -2.29. The second-order valence-electron chi connectivity index (χ2n) is 6.31. The van der Waals surface area contributed by atoms with E-state index in [1.54, 1.807) is 50.1 Å². The lowest BCUT2D eigenvalue weighted by atomic mass is 10.1. The number of hydrogen-bond donors (Lipinski definition) is 2. The number of hydrogen-bond acceptors (Lipinski definition) is 3. The van der Waals surface area contributed by atoms with Crippen LogP contribution in [0.2, 0.25) is 0 Å². The Hall–Kier alpha value is -2.53. The summed E-state index contributed by atoms with van der Waals surface area (Å²) in [7, 11) is 1.60.